The summed E-state index contributed by atoms with van der Waals surface area (Å²) in [5.41, 5.74) is 2.71. The normalized spacial score (nSPS) is 19.6. The molecule has 1 saturated heterocycles. The van der Waals surface area contributed by atoms with Gasteiger partial charge in [0.05, 0.1) is 6.33 Å². The van der Waals surface area contributed by atoms with E-state index in [9.17, 15) is 4.79 Å². The van der Waals surface area contributed by atoms with Gasteiger partial charge in [-0.1, -0.05) is 30.3 Å². The van der Waals surface area contributed by atoms with E-state index in [1.807, 2.05) is 17.9 Å². The lowest BCUT2D eigenvalue weighted by molar-refractivity contribution is 0.0685. The Balaban J connectivity index is 1.67. The average molecular weight is 312 g/mol. The highest BCUT2D eigenvalue weighted by atomic mass is 16.2. The maximum absolute atomic E-state index is 12.7. The zero-order chi connectivity index (χ0) is 16.2. The van der Waals surface area contributed by atoms with Gasteiger partial charge in [-0.25, -0.2) is 4.98 Å². The van der Waals surface area contributed by atoms with Gasteiger partial charge in [-0.2, -0.15) is 0 Å². The molecule has 1 fully saturated rings. The van der Waals surface area contributed by atoms with Gasteiger partial charge >= 0.3 is 0 Å². The maximum atomic E-state index is 12.7. The number of H-pyrrole nitrogens is 1. The lowest BCUT2D eigenvalue weighted by Gasteiger charge is -2.28. The predicted molar refractivity (Wildman–Crippen MR) is 90.2 cm³/mol. The minimum absolute atomic E-state index is 0.0396. The second-order valence-corrected chi connectivity index (χ2v) is 6.30. The van der Waals surface area contributed by atoms with E-state index < -0.39 is 0 Å². The second kappa shape index (κ2) is 6.96. The fourth-order valence-electron chi connectivity index (χ4n) is 3.25. The van der Waals surface area contributed by atoms with Crippen LogP contribution in [-0.4, -0.2) is 51.4 Å². The standard InChI is InChI=1S/C18H24N4O/c1-14-11-21(12-16-7-4-3-5-8-16)9-6-10-22(14)18(23)17-15(2)19-13-20-17/h3-5,7-8,13-14H,6,9-12H2,1-2H3,(H,19,20). The molecule has 1 aliphatic heterocycles. The summed E-state index contributed by atoms with van der Waals surface area (Å²) < 4.78 is 0. The number of rotatable bonds is 3. The number of aromatic amines is 1. The van der Waals surface area contributed by atoms with E-state index in [0.29, 0.717) is 5.69 Å². The molecule has 1 aromatic heterocycles. The van der Waals surface area contributed by atoms with Crippen LogP contribution >= 0.6 is 0 Å². The van der Waals surface area contributed by atoms with E-state index >= 15 is 0 Å². The van der Waals surface area contributed by atoms with Crippen molar-refractivity contribution in [2.24, 2.45) is 0 Å². The van der Waals surface area contributed by atoms with Gasteiger partial charge in [-0.15, -0.1) is 0 Å². The average Bonchev–Trinajstić information content (AvgIpc) is 2.89. The van der Waals surface area contributed by atoms with Gasteiger partial charge in [-0.3, -0.25) is 9.69 Å². The Bertz CT molecular complexity index is 652. The summed E-state index contributed by atoms with van der Waals surface area (Å²) in [5.74, 6) is 0.0396. The third kappa shape index (κ3) is 3.62. The maximum Gasteiger partial charge on any atom is 0.274 e. The van der Waals surface area contributed by atoms with Crippen molar-refractivity contribution in [3.8, 4) is 0 Å². The lowest BCUT2D eigenvalue weighted by Crippen LogP contribution is -2.42. The Morgan fingerprint density at radius 2 is 2.09 bits per heavy atom. The highest BCUT2D eigenvalue weighted by molar-refractivity contribution is 5.93. The quantitative estimate of drug-likeness (QED) is 0.947. The van der Waals surface area contributed by atoms with Gasteiger partial charge in [0.25, 0.3) is 5.91 Å². The van der Waals surface area contributed by atoms with E-state index in [-0.39, 0.29) is 11.9 Å². The zero-order valence-electron chi connectivity index (χ0n) is 13.8. The fraction of sp³-hybridized carbons (Fsp3) is 0.444. The van der Waals surface area contributed by atoms with Crippen LogP contribution in [-0.2, 0) is 6.54 Å². The van der Waals surface area contributed by atoms with Gasteiger partial charge in [-0.05, 0) is 25.8 Å². The Hall–Kier alpha value is -2.14. The van der Waals surface area contributed by atoms with Crippen molar-refractivity contribution in [2.75, 3.05) is 19.6 Å². The molecule has 1 N–H and O–H groups in total. The molecule has 5 nitrogen and oxygen atoms in total. The van der Waals surface area contributed by atoms with Crippen molar-refractivity contribution in [2.45, 2.75) is 32.9 Å². The molecular formula is C18H24N4O. The number of carbonyl (C=O) groups excluding carboxylic acids is 1. The molecule has 2 heterocycles. The second-order valence-electron chi connectivity index (χ2n) is 6.30. The molecule has 0 bridgehead atoms. The third-order valence-electron chi connectivity index (χ3n) is 4.47. The number of hydrogen-bond acceptors (Lipinski definition) is 3. The highest BCUT2D eigenvalue weighted by Crippen LogP contribution is 2.16. The van der Waals surface area contributed by atoms with Crippen LogP contribution < -0.4 is 0 Å². The van der Waals surface area contributed by atoms with Crippen LogP contribution in [0, 0.1) is 6.92 Å². The number of nitrogens with zero attached hydrogens (tertiary/aromatic N) is 3. The first-order valence-electron chi connectivity index (χ1n) is 8.22. The molecule has 2 aromatic rings. The minimum atomic E-state index is 0.0396. The summed E-state index contributed by atoms with van der Waals surface area (Å²) >= 11 is 0. The molecule has 0 spiro atoms. The number of aromatic nitrogens is 2. The van der Waals surface area contributed by atoms with E-state index in [2.05, 4.69) is 46.1 Å². The smallest absolute Gasteiger partial charge is 0.274 e. The first kappa shape index (κ1) is 15.7. The van der Waals surface area contributed by atoms with E-state index in [1.165, 1.54) is 5.56 Å². The molecule has 0 saturated carbocycles. The predicted octanol–water partition coefficient (Wildman–Crippen LogP) is 2.45. The van der Waals surface area contributed by atoms with Crippen LogP contribution in [0.15, 0.2) is 36.7 Å². The van der Waals surface area contributed by atoms with Gasteiger partial charge in [0.15, 0.2) is 0 Å². The number of amides is 1. The third-order valence-corrected chi connectivity index (χ3v) is 4.47. The van der Waals surface area contributed by atoms with Crippen LogP contribution in [0.4, 0.5) is 0 Å². The summed E-state index contributed by atoms with van der Waals surface area (Å²) in [4.78, 5) is 24.3. The van der Waals surface area contributed by atoms with Crippen molar-refractivity contribution in [1.29, 1.82) is 0 Å². The summed E-state index contributed by atoms with van der Waals surface area (Å²) in [7, 11) is 0. The molecular weight excluding hydrogens is 288 g/mol. The summed E-state index contributed by atoms with van der Waals surface area (Å²) in [5, 5.41) is 0. The Morgan fingerprint density at radius 1 is 1.30 bits per heavy atom. The first-order valence-corrected chi connectivity index (χ1v) is 8.22. The lowest BCUT2D eigenvalue weighted by atomic mass is 10.2. The minimum Gasteiger partial charge on any atom is -0.348 e. The van der Waals surface area contributed by atoms with Crippen molar-refractivity contribution in [1.82, 2.24) is 19.8 Å². The van der Waals surface area contributed by atoms with E-state index in [4.69, 9.17) is 0 Å². The Morgan fingerprint density at radius 3 is 2.78 bits per heavy atom. The Kier molecular flexibility index (Phi) is 4.76. The van der Waals surface area contributed by atoms with Gasteiger partial charge in [0.2, 0.25) is 0 Å². The molecule has 122 valence electrons. The molecule has 1 atom stereocenters. The van der Waals surface area contributed by atoms with Crippen LogP contribution in [0.5, 0.6) is 0 Å². The number of nitrogens with one attached hydrogen (secondary N) is 1. The van der Waals surface area contributed by atoms with Gasteiger partial charge in [0.1, 0.15) is 5.69 Å². The SMILES string of the molecule is Cc1[nH]cnc1C(=O)N1CCCN(Cc2ccccc2)CC1C. The summed E-state index contributed by atoms with van der Waals surface area (Å²) in [6.07, 6.45) is 2.58. The number of carbonyl (C=O) groups is 1. The molecule has 0 aliphatic carbocycles. The molecule has 5 heteroatoms. The van der Waals surface area contributed by atoms with Gasteiger partial charge in [0, 0.05) is 37.9 Å². The molecule has 1 aromatic carbocycles. The number of aryl methyl sites for hydroxylation is 1. The number of benzene rings is 1. The van der Waals surface area contributed by atoms with Crippen molar-refractivity contribution >= 4 is 5.91 Å². The molecule has 1 amide bonds. The number of imidazole rings is 1. The van der Waals surface area contributed by atoms with Crippen LogP contribution in [0.2, 0.25) is 0 Å². The summed E-state index contributed by atoms with van der Waals surface area (Å²) in [6, 6.07) is 10.7. The molecule has 3 rings (SSSR count). The van der Waals surface area contributed by atoms with E-state index in [1.54, 1.807) is 6.33 Å². The van der Waals surface area contributed by atoms with Crippen LogP contribution in [0.3, 0.4) is 0 Å². The van der Waals surface area contributed by atoms with Crippen molar-refractivity contribution < 1.29 is 4.79 Å². The topological polar surface area (TPSA) is 52.2 Å². The zero-order valence-corrected chi connectivity index (χ0v) is 13.8. The first-order chi connectivity index (χ1) is 11.1. The van der Waals surface area contributed by atoms with Crippen LogP contribution in [0.25, 0.3) is 0 Å². The molecule has 0 radical (unpaired) electrons. The molecule has 23 heavy (non-hydrogen) atoms. The fourth-order valence-corrected chi connectivity index (χ4v) is 3.25. The largest absolute Gasteiger partial charge is 0.348 e. The van der Waals surface area contributed by atoms with Gasteiger partial charge < -0.3 is 9.88 Å². The van der Waals surface area contributed by atoms with E-state index in [0.717, 1.165) is 38.3 Å². The van der Waals surface area contributed by atoms with Crippen LogP contribution in [0.1, 0.15) is 35.1 Å². The van der Waals surface area contributed by atoms with Crippen molar-refractivity contribution in [3.05, 3.63) is 53.6 Å². The monoisotopic (exact) mass is 312 g/mol. The highest BCUT2D eigenvalue weighted by Gasteiger charge is 2.28. The molecule has 1 aliphatic rings. The van der Waals surface area contributed by atoms with Crippen molar-refractivity contribution in [3.63, 3.8) is 0 Å². The Labute approximate surface area is 137 Å². The molecule has 1 unspecified atom stereocenters. The number of hydrogen-bond donors (Lipinski definition) is 1. The summed E-state index contributed by atoms with van der Waals surface area (Å²) in [6.45, 7) is 7.66.